The summed E-state index contributed by atoms with van der Waals surface area (Å²) in [6.07, 6.45) is 1.26. The van der Waals surface area contributed by atoms with Crippen LogP contribution < -0.4 is 4.74 Å². The zero-order valence-electron chi connectivity index (χ0n) is 13.5. The molecule has 1 aliphatic rings. The van der Waals surface area contributed by atoms with Crippen LogP contribution in [-0.2, 0) is 14.8 Å². The topological polar surface area (TPSA) is 66.9 Å². The van der Waals surface area contributed by atoms with Crippen molar-refractivity contribution >= 4 is 15.9 Å². The van der Waals surface area contributed by atoms with Gasteiger partial charge in [0, 0.05) is 26.2 Å². The van der Waals surface area contributed by atoms with E-state index >= 15 is 0 Å². The Hall–Kier alpha value is -1.60. The Morgan fingerprint density at radius 2 is 1.87 bits per heavy atom. The van der Waals surface area contributed by atoms with E-state index in [9.17, 15) is 13.2 Å². The van der Waals surface area contributed by atoms with Crippen molar-refractivity contribution in [2.75, 3.05) is 38.5 Å². The summed E-state index contributed by atoms with van der Waals surface area (Å²) in [5, 5.41) is 0. The first kappa shape index (κ1) is 17.7. The number of para-hydroxylation sites is 1. The van der Waals surface area contributed by atoms with Crippen LogP contribution in [0.25, 0.3) is 0 Å². The number of hydrogen-bond donors (Lipinski definition) is 0. The predicted octanol–water partition coefficient (Wildman–Crippen LogP) is 1.34. The molecule has 23 heavy (non-hydrogen) atoms. The number of sulfonamides is 1. The van der Waals surface area contributed by atoms with Gasteiger partial charge in [0.25, 0.3) is 5.91 Å². The van der Waals surface area contributed by atoms with Crippen molar-refractivity contribution in [2.45, 2.75) is 19.8 Å². The van der Waals surface area contributed by atoms with E-state index in [2.05, 4.69) is 0 Å². The lowest BCUT2D eigenvalue weighted by Gasteiger charge is -2.22. The SMILES string of the molecule is CCCS(=O)(=O)N1CCCN(C(=O)COc2ccccc2)CC1. The van der Waals surface area contributed by atoms with Crippen LogP contribution in [0.4, 0.5) is 0 Å². The van der Waals surface area contributed by atoms with Gasteiger partial charge in [0.05, 0.1) is 5.75 Å². The van der Waals surface area contributed by atoms with E-state index in [0.29, 0.717) is 44.8 Å². The van der Waals surface area contributed by atoms with Gasteiger partial charge < -0.3 is 9.64 Å². The molecule has 0 radical (unpaired) electrons. The molecule has 1 amide bonds. The highest BCUT2D eigenvalue weighted by atomic mass is 32.2. The highest BCUT2D eigenvalue weighted by Crippen LogP contribution is 2.11. The molecule has 2 rings (SSSR count). The number of nitrogens with zero attached hydrogens (tertiary/aromatic N) is 2. The van der Waals surface area contributed by atoms with Crippen molar-refractivity contribution in [3.63, 3.8) is 0 Å². The first-order chi connectivity index (χ1) is 11.0. The lowest BCUT2D eigenvalue weighted by Crippen LogP contribution is -2.39. The molecule has 0 atom stereocenters. The van der Waals surface area contributed by atoms with E-state index < -0.39 is 10.0 Å². The van der Waals surface area contributed by atoms with Crippen molar-refractivity contribution in [1.29, 1.82) is 0 Å². The number of carbonyl (C=O) groups is 1. The van der Waals surface area contributed by atoms with Crippen LogP contribution in [0.15, 0.2) is 30.3 Å². The van der Waals surface area contributed by atoms with Gasteiger partial charge in [0.2, 0.25) is 10.0 Å². The third kappa shape index (κ3) is 5.21. The maximum Gasteiger partial charge on any atom is 0.260 e. The summed E-state index contributed by atoms with van der Waals surface area (Å²) < 4.78 is 31.2. The monoisotopic (exact) mass is 340 g/mol. The van der Waals surface area contributed by atoms with E-state index in [4.69, 9.17) is 4.74 Å². The molecule has 7 heteroatoms. The van der Waals surface area contributed by atoms with Gasteiger partial charge in [-0.05, 0) is 25.0 Å². The van der Waals surface area contributed by atoms with Crippen molar-refractivity contribution in [3.8, 4) is 5.75 Å². The van der Waals surface area contributed by atoms with Gasteiger partial charge >= 0.3 is 0 Å². The first-order valence-electron chi connectivity index (χ1n) is 7.96. The Bertz CT molecular complexity index is 604. The summed E-state index contributed by atoms with van der Waals surface area (Å²) in [6, 6.07) is 9.18. The number of ether oxygens (including phenoxy) is 1. The molecule has 0 bridgehead atoms. The molecule has 1 aliphatic heterocycles. The van der Waals surface area contributed by atoms with E-state index in [-0.39, 0.29) is 18.3 Å². The van der Waals surface area contributed by atoms with Gasteiger partial charge in [-0.2, -0.15) is 0 Å². The average Bonchev–Trinajstić information content (AvgIpc) is 2.80. The molecular weight excluding hydrogens is 316 g/mol. The van der Waals surface area contributed by atoms with Crippen molar-refractivity contribution < 1.29 is 17.9 Å². The van der Waals surface area contributed by atoms with Gasteiger partial charge in [0.1, 0.15) is 5.75 Å². The molecule has 1 aromatic carbocycles. The molecule has 1 saturated heterocycles. The van der Waals surface area contributed by atoms with Crippen molar-refractivity contribution in [1.82, 2.24) is 9.21 Å². The second kappa shape index (κ2) is 8.31. The molecule has 1 aromatic rings. The Kier molecular flexibility index (Phi) is 6.41. The number of hydrogen-bond acceptors (Lipinski definition) is 4. The number of carbonyl (C=O) groups excluding carboxylic acids is 1. The summed E-state index contributed by atoms with van der Waals surface area (Å²) >= 11 is 0. The fourth-order valence-electron chi connectivity index (χ4n) is 2.56. The summed E-state index contributed by atoms with van der Waals surface area (Å²) in [5.74, 6) is 0.712. The second-order valence-corrected chi connectivity index (χ2v) is 7.64. The molecule has 0 aliphatic carbocycles. The van der Waals surface area contributed by atoms with E-state index in [0.717, 1.165) is 0 Å². The maximum absolute atomic E-state index is 12.2. The number of rotatable bonds is 6. The lowest BCUT2D eigenvalue weighted by atomic mass is 10.3. The Labute approximate surface area is 138 Å². The molecule has 1 fully saturated rings. The van der Waals surface area contributed by atoms with Gasteiger partial charge in [0.15, 0.2) is 6.61 Å². The van der Waals surface area contributed by atoms with Crippen LogP contribution in [0.2, 0.25) is 0 Å². The average molecular weight is 340 g/mol. The Morgan fingerprint density at radius 3 is 2.57 bits per heavy atom. The highest BCUT2D eigenvalue weighted by molar-refractivity contribution is 7.89. The van der Waals surface area contributed by atoms with Gasteiger partial charge in [-0.15, -0.1) is 0 Å². The predicted molar refractivity (Wildman–Crippen MR) is 88.8 cm³/mol. The van der Waals surface area contributed by atoms with Crippen LogP contribution in [0.3, 0.4) is 0 Å². The maximum atomic E-state index is 12.2. The summed E-state index contributed by atoms with van der Waals surface area (Å²) in [5.41, 5.74) is 0. The summed E-state index contributed by atoms with van der Waals surface area (Å²) in [7, 11) is -3.20. The van der Waals surface area contributed by atoms with Crippen LogP contribution in [0.1, 0.15) is 19.8 Å². The zero-order valence-corrected chi connectivity index (χ0v) is 14.3. The van der Waals surface area contributed by atoms with E-state index in [1.165, 1.54) is 4.31 Å². The second-order valence-electron chi connectivity index (χ2n) is 5.55. The summed E-state index contributed by atoms with van der Waals surface area (Å²) in [6.45, 7) is 3.65. The van der Waals surface area contributed by atoms with E-state index in [1.54, 1.807) is 17.0 Å². The molecular formula is C16H24N2O4S. The van der Waals surface area contributed by atoms with Crippen LogP contribution >= 0.6 is 0 Å². The third-order valence-electron chi connectivity index (χ3n) is 3.77. The minimum Gasteiger partial charge on any atom is -0.484 e. The zero-order chi connectivity index (χ0) is 16.7. The Morgan fingerprint density at radius 1 is 1.13 bits per heavy atom. The largest absolute Gasteiger partial charge is 0.484 e. The smallest absolute Gasteiger partial charge is 0.260 e. The molecule has 0 N–H and O–H groups in total. The van der Waals surface area contributed by atoms with Crippen LogP contribution in [-0.4, -0.2) is 62.1 Å². The molecule has 128 valence electrons. The Balaban J connectivity index is 1.86. The normalized spacial score (nSPS) is 16.8. The third-order valence-corrected chi connectivity index (χ3v) is 5.84. The van der Waals surface area contributed by atoms with Crippen molar-refractivity contribution in [2.24, 2.45) is 0 Å². The van der Waals surface area contributed by atoms with Gasteiger partial charge in [-0.3, -0.25) is 4.79 Å². The minimum absolute atomic E-state index is 0.0221. The van der Waals surface area contributed by atoms with Crippen molar-refractivity contribution in [3.05, 3.63) is 30.3 Å². The van der Waals surface area contributed by atoms with Gasteiger partial charge in [-0.1, -0.05) is 25.1 Å². The quantitative estimate of drug-likeness (QED) is 0.784. The number of amides is 1. The molecule has 0 spiro atoms. The standard InChI is InChI=1S/C16H24N2O4S/c1-2-13-23(20,21)18-10-6-9-17(11-12-18)16(19)14-22-15-7-4-3-5-8-15/h3-5,7-8H,2,6,9-14H2,1H3. The first-order valence-corrected chi connectivity index (χ1v) is 9.57. The highest BCUT2D eigenvalue weighted by Gasteiger charge is 2.26. The summed E-state index contributed by atoms with van der Waals surface area (Å²) in [4.78, 5) is 13.9. The lowest BCUT2D eigenvalue weighted by molar-refractivity contribution is -0.133. The molecule has 1 heterocycles. The molecule has 6 nitrogen and oxygen atoms in total. The molecule has 0 saturated carbocycles. The van der Waals surface area contributed by atoms with Crippen LogP contribution in [0.5, 0.6) is 5.75 Å². The minimum atomic E-state index is -3.20. The van der Waals surface area contributed by atoms with Crippen LogP contribution in [0, 0.1) is 0 Å². The fraction of sp³-hybridized carbons (Fsp3) is 0.562. The van der Waals surface area contributed by atoms with E-state index in [1.807, 2.05) is 25.1 Å². The molecule has 0 unspecified atom stereocenters. The fourth-order valence-corrected chi connectivity index (χ4v) is 4.10. The molecule has 0 aromatic heterocycles. The van der Waals surface area contributed by atoms with Gasteiger partial charge in [-0.25, -0.2) is 12.7 Å². The number of benzene rings is 1.